The van der Waals surface area contributed by atoms with Gasteiger partial charge in [-0.1, -0.05) is 18.2 Å². The Morgan fingerprint density at radius 2 is 1.79 bits per heavy atom. The third-order valence-electron chi connectivity index (χ3n) is 4.32. The molecular weight excluding hydrogens is 390 g/mol. The van der Waals surface area contributed by atoms with Crippen molar-refractivity contribution in [3.05, 3.63) is 29.8 Å². The molecule has 1 aliphatic heterocycles. The molecule has 0 saturated carbocycles. The highest BCUT2D eigenvalue weighted by Crippen LogP contribution is 2.18. The van der Waals surface area contributed by atoms with Gasteiger partial charge in [0, 0.05) is 25.2 Å². The van der Waals surface area contributed by atoms with Crippen LogP contribution in [0.25, 0.3) is 0 Å². The van der Waals surface area contributed by atoms with Gasteiger partial charge in [0.15, 0.2) is 5.96 Å². The van der Waals surface area contributed by atoms with Gasteiger partial charge in [0.2, 0.25) is 15.9 Å². The van der Waals surface area contributed by atoms with Crippen LogP contribution in [-0.4, -0.2) is 56.9 Å². The van der Waals surface area contributed by atoms with Crippen LogP contribution >= 0.6 is 0 Å². The summed E-state index contributed by atoms with van der Waals surface area (Å²) in [7, 11) is -3.67. The molecule has 0 atom stereocenters. The van der Waals surface area contributed by atoms with E-state index in [9.17, 15) is 13.2 Å². The first-order valence-corrected chi connectivity index (χ1v) is 11.5. The monoisotopic (exact) mass is 423 g/mol. The highest BCUT2D eigenvalue weighted by molar-refractivity contribution is 7.89. The second kappa shape index (κ2) is 10.1. The van der Waals surface area contributed by atoms with Gasteiger partial charge in [-0.05, 0) is 52.2 Å². The largest absolute Gasteiger partial charge is 0.357 e. The number of guanidine groups is 1. The molecule has 1 amide bonds. The average molecular weight is 424 g/mol. The van der Waals surface area contributed by atoms with Crippen LogP contribution in [0.2, 0.25) is 0 Å². The third kappa shape index (κ3) is 7.32. The molecule has 1 heterocycles. The number of aliphatic imine (C=N–C) groups is 1. The van der Waals surface area contributed by atoms with E-state index in [-0.39, 0.29) is 23.9 Å². The molecule has 0 spiro atoms. The van der Waals surface area contributed by atoms with Crippen molar-refractivity contribution in [2.24, 2.45) is 4.99 Å². The van der Waals surface area contributed by atoms with Crippen molar-refractivity contribution in [2.75, 3.05) is 26.2 Å². The Labute approximate surface area is 174 Å². The van der Waals surface area contributed by atoms with E-state index in [2.05, 4.69) is 20.3 Å². The zero-order chi connectivity index (χ0) is 21.5. The first kappa shape index (κ1) is 23.2. The van der Waals surface area contributed by atoms with Crippen LogP contribution in [0, 0.1) is 0 Å². The van der Waals surface area contributed by atoms with Crippen LogP contribution in [0.4, 0.5) is 0 Å². The molecule has 0 unspecified atom stereocenters. The normalized spacial score (nSPS) is 15.4. The Kier molecular flexibility index (Phi) is 8.04. The maximum Gasteiger partial charge on any atom is 0.241 e. The first-order valence-electron chi connectivity index (χ1n) is 10.0. The van der Waals surface area contributed by atoms with E-state index < -0.39 is 15.6 Å². The van der Waals surface area contributed by atoms with E-state index in [1.165, 1.54) is 0 Å². The molecule has 0 aromatic heterocycles. The summed E-state index contributed by atoms with van der Waals surface area (Å²) < 4.78 is 28.2. The number of benzene rings is 1. The molecule has 1 fully saturated rings. The molecular formula is C20H33N5O3S. The summed E-state index contributed by atoms with van der Waals surface area (Å²) in [6, 6.07) is 6.82. The van der Waals surface area contributed by atoms with Crippen molar-refractivity contribution in [3.63, 3.8) is 0 Å². The topological polar surface area (TPSA) is 103 Å². The summed E-state index contributed by atoms with van der Waals surface area (Å²) in [6.07, 6.45) is 2.10. The van der Waals surface area contributed by atoms with E-state index in [4.69, 9.17) is 0 Å². The summed E-state index contributed by atoms with van der Waals surface area (Å²) in [5.41, 5.74) is 0.00840. The van der Waals surface area contributed by atoms with Gasteiger partial charge in [0.05, 0.1) is 18.0 Å². The second-order valence-corrected chi connectivity index (χ2v) is 9.75. The number of sulfonamides is 1. The lowest BCUT2D eigenvalue weighted by Crippen LogP contribution is -2.44. The smallest absolute Gasteiger partial charge is 0.241 e. The number of carbonyl (C=O) groups excluding carboxylic acids is 1. The van der Waals surface area contributed by atoms with E-state index in [1.54, 1.807) is 45.0 Å². The van der Waals surface area contributed by atoms with E-state index in [0.29, 0.717) is 18.1 Å². The first-order chi connectivity index (χ1) is 13.6. The van der Waals surface area contributed by atoms with Crippen molar-refractivity contribution in [2.45, 2.75) is 57.5 Å². The van der Waals surface area contributed by atoms with Gasteiger partial charge in [0.1, 0.15) is 0 Å². The number of rotatable bonds is 7. The molecule has 1 aliphatic rings. The Morgan fingerprint density at radius 3 is 2.41 bits per heavy atom. The molecule has 3 N–H and O–H groups in total. The minimum Gasteiger partial charge on any atom is -0.357 e. The number of likely N-dealkylation sites (tertiary alicyclic amines) is 1. The molecule has 29 heavy (non-hydrogen) atoms. The summed E-state index contributed by atoms with van der Waals surface area (Å²) >= 11 is 0. The van der Waals surface area contributed by atoms with E-state index >= 15 is 0 Å². The molecule has 9 heteroatoms. The van der Waals surface area contributed by atoms with Gasteiger partial charge in [-0.15, -0.1) is 0 Å². The van der Waals surface area contributed by atoms with Gasteiger partial charge in [-0.3, -0.25) is 4.79 Å². The van der Waals surface area contributed by atoms with Crippen LogP contribution in [0.1, 0.15) is 46.1 Å². The van der Waals surface area contributed by atoms with Gasteiger partial charge >= 0.3 is 0 Å². The zero-order valence-electron chi connectivity index (χ0n) is 17.8. The summed E-state index contributed by atoms with van der Waals surface area (Å²) in [4.78, 5) is 18.8. The Hall–Kier alpha value is -2.13. The summed E-state index contributed by atoms with van der Waals surface area (Å²) in [6.45, 7) is 9.92. The second-order valence-electron chi connectivity index (χ2n) is 8.10. The molecule has 0 bridgehead atoms. The summed E-state index contributed by atoms with van der Waals surface area (Å²) in [5.74, 6) is 0.529. The Morgan fingerprint density at radius 1 is 1.14 bits per heavy atom. The molecule has 1 aromatic rings. The number of hydrogen-bond donors (Lipinski definition) is 3. The van der Waals surface area contributed by atoms with E-state index in [1.807, 2.05) is 11.8 Å². The van der Waals surface area contributed by atoms with Crippen molar-refractivity contribution in [1.29, 1.82) is 0 Å². The van der Waals surface area contributed by atoms with Gasteiger partial charge in [-0.25, -0.2) is 18.1 Å². The lowest BCUT2D eigenvalue weighted by molar-refractivity contribution is -0.128. The lowest BCUT2D eigenvalue weighted by Gasteiger charge is -2.21. The van der Waals surface area contributed by atoms with E-state index in [0.717, 1.165) is 25.9 Å². The van der Waals surface area contributed by atoms with Crippen LogP contribution in [0.15, 0.2) is 34.2 Å². The van der Waals surface area contributed by atoms with Gasteiger partial charge in [-0.2, -0.15) is 0 Å². The standard InChI is InChI=1S/C20H33N5O3S/c1-5-21-19(23-15-18(26)25-12-8-9-13-25)22-14-16-10-6-7-11-17(16)29(27,28)24-20(2,3)4/h6-7,10-11,24H,5,8-9,12-15H2,1-4H3,(H2,21,22,23). The minimum atomic E-state index is -3.67. The summed E-state index contributed by atoms with van der Waals surface area (Å²) in [5, 5.41) is 6.14. The maximum absolute atomic E-state index is 12.8. The van der Waals surface area contributed by atoms with Crippen molar-refractivity contribution in [3.8, 4) is 0 Å². The zero-order valence-corrected chi connectivity index (χ0v) is 18.6. The molecule has 162 valence electrons. The maximum atomic E-state index is 12.8. The van der Waals surface area contributed by atoms with Crippen LogP contribution in [0.3, 0.4) is 0 Å². The quantitative estimate of drug-likeness (QED) is 0.455. The number of amides is 1. The predicted octanol–water partition coefficient (Wildman–Crippen LogP) is 1.44. The number of carbonyl (C=O) groups is 1. The van der Waals surface area contributed by atoms with Crippen molar-refractivity contribution < 1.29 is 13.2 Å². The molecule has 0 aliphatic carbocycles. The Bertz CT molecular complexity index is 825. The lowest BCUT2D eigenvalue weighted by atomic mass is 10.1. The number of nitrogens with zero attached hydrogens (tertiary/aromatic N) is 2. The average Bonchev–Trinajstić information content (AvgIpc) is 3.17. The molecule has 1 saturated heterocycles. The Balaban J connectivity index is 2.11. The fourth-order valence-corrected chi connectivity index (χ4v) is 4.75. The molecule has 2 rings (SSSR count). The number of hydrogen-bond acceptors (Lipinski definition) is 4. The van der Waals surface area contributed by atoms with Crippen LogP contribution in [-0.2, 0) is 21.4 Å². The van der Waals surface area contributed by atoms with Gasteiger partial charge in [0.25, 0.3) is 0 Å². The highest BCUT2D eigenvalue weighted by Gasteiger charge is 2.24. The third-order valence-corrected chi connectivity index (χ3v) is 6.18. The van der Waals surface area contributed by atoms with Crippen LogP contribution < -0.4 is 15.4 Å². The highest BCUT2D eigenvalue weighted by atomic mass is 32.2. The fraction of sp³-hybridized carbons (Fsp3) is 0.600. The fourth-order valence-electron chi connectivity index (χ4n) is 3.10. The molecule has 8 nitrogen and oxygen atoms in total. The minimum absolute atomic E-state index is 0.0467. The molecule has 0 radical (unpaired) electrons. The SMILES string of the molecule is CCNC(=NCc1ccccc1S(=O)(=O)NC(C)(C)C)NCC(=O)N1CCCC1. The molecule has 1 aromatic carbocycles. The van der Waals surface area contributed by atoms with Crippen molar-refractivity contribution >= 4 is 21.9 Å². The number of nitrogens with one attached hydrogen (secondary N) is 3. The van der Waals surface area contributed by atoms with Crippen molar-refractivity contribution in [1.82, 2.24) is 20.3 Å². The predicted molar refractivity (Wildman–Crippen MR) is 115 cm³/mol. The van der Waals surface area contributed by atoms with Gasteiger partial charge < -0.3 is 15.5 Å². The van der Waals surface area contributed by atoms with Crippen LogP contribution in [0.5, 0.6) is 0 Å².